The van der Waals surface area contributed by atoms with Crippen LogP contribution >= 0.6 is 11.8 Å². The molecule has 0 aliphatic rings. The molecule has 0 saturated carbocycles. The highest BCUT2D eigenvalue weighted by atomic mass is 32.2. The summed E-state index contributed by atoms with van der Waals surface area (Å²) in [6.45, 7) is 0. The number of hydrogen-bond donors (Lipinski definition) is 2. The second-order valence-corrected chi connectivity index (χ2v) is 6.13. The molecule has 1 heterocycles. The molecule has 0 amide bonds. The zero-order chi connectivity index (χ0) is 15.8. The third-order valence-corrected chi connectivity index (χ3v) is 4.43. The Kier molecular flexibility index (Phi) is 3.28. The number of benzene rings is 3. The van der Waals surface area contributed by atoms with Crippen LogP contribution in [0.2, 0.25) is 0 Å². The van der Waals surface area contributed by atoms with Gasteiger partial charge < -0.3 is 10.1 Å². The fourth-order valence-corrected chi connectivity index (χ4v) is 3.27. The fraction of sp³-hybridized carbons (Fsp3) is 0. The molecule has 1 aromatic heterocycles. The van der Waals surface area contributed by atoms with E-state index in [0.717, 1.165) is 33.6 Å². The van der Waals surface area contributed by atoms with E-state index in [2.05, 4.69) is 9.97 Å². The van der Waals surface area contributed by atoms with Crippen LogP contribution in [0.5, 0.6) is 5.75 Å². The topological polar surface area (TPSA) is 66.0 Å². The van der Waals surface area contributed by atoms with Gasteiger partial charge in [-0.05, 0) is 46.8 Å². The van der Waals surface area contributed by atoms with Crippen molar-refractivity contribution >= 4 is 38.7 Å². The van der Waals surface area contributed by atoms with Crippen molar-refractivity contribution in [1.29, 1.82) is 0 Å². The van der Waals surface area contributed by atoms with Gasteiger partial charge in [0.05, 0.1) is 16.6 Å². The molecular weight excluding hydrogens is 308 g/mol. The zero-order valence-electron chi connectivity index (χ0n) is 12.0. The van der Waals surface area contributed by atoms with Crippen molar-refractivity contribution in [3.05, 3.63) is 66.2 Å². The standard InChI is InChI=1S/C18H12N2O2S/c21-16-8-4-3-7-13(16)17(22)23-18-19-14-9-11-5-1-2-6-12(11)10-15(14)20-18/h1-10,21H,(H,19,20). The van der Waals surface area contributed by atoms with E-state index in [1.165, 1.54) is 6.07 Å². The minimum atomic E-state index is -0.244. The van der Waals surface area contributed by atoms with Gasteiger partial charge in [-0.25, -0.2) is 4.98 Å². The van der Waals surface area contributed by atoms with Gasteiger partial charge in [0.25, 0.3) is 0 Å². The first-order valence-corrected chi connectivity index (χ1v) is 7.91. The molecule has 4 rings (SSSR count). The number of nitrogens with zero attached hydrogens (tertiary/aromatic N) is 1. The molecule has 0 fully saturated rings. The van der Waals surface area contributed by atoms with Gasteiger partial charge in [-0.2, -0.15) is 0 Å². The summed E-state index contributed by atoms with van der Waals surface area (Å²) >= 11 is 0.978. The molecule has 112 valence electrons. The van der Waals surface area contributed by atoms with E-state index in [9.17, 15) is 9.90 Å². The number of carbonyl (C=O) groups excluding carboxylic acids is 1. The first kappa shape index (κ1) is 13.8. The number of aromatic amines is 1. The molecule has 5 heteroatoms. The van der Waals surface area contributed by atoms with Gasteiger partial charge >= 0.3 is 0 Å². The molecule has 0 aliphatic heterocycles. The van der Waals surface area contributed by atoms with Crippen molar-refractivity contribution < 1.29 is 9.90 Å². The largest absolute Gasteiger partial charge is 0.507 e. The van der Waals surface area contributed by atoms with Gasteiger partial charge in [0, 0.05) is 0 Å². The predicted octanol–water partition coefficient (Wildman–Crippen LogP) is 4.35. The SMILES string of the molecule is O=C(Sc1nc2cc3ccccc3cc2[nH]1)c1ccccc1O. The van der Waals surface area contributed by atoms with Gasteiger partial charge in [0.1, 0.15) is 5.75 Å². The molecule has 4 aromatic rings. The Morgan fingerprint density at radius 2 is 1.70 bits per heavy atom. The molecular formula is C18H12N2O2S. The molecule has 23 heavy (non-hydrogen) atoms. The van der Waals surface area contributed by atoms with Crippen LogP contribution < -0.4 is 0 Å². The summed E-state index contributed by atoms with van der Waals surface area (Å²) in [5, 5.41) is 12.3. The first-order valence-electron chi connectivity index (χ1n) is 7.09. The minimum absolute atomic E-state index is 0.0214. The van der Waals surface area contributed by atoms with Gasteiger partial charge in [0.15, 0.2) is 5.16 Å². The lowest BCUT2D eigenvalue weighted by molar-refractivity contribution is 0.108. The van der Waals surface area contributed by atoms with Crippen LogP contribution in [0.4, 0.5) is 0 Å². The first-order chi connectivity index (χ1) is 11.2. The van der Waals surface area contributed by atoms with Gasteiger partial charge in [-0.3, -0.25) is 4.79 Å². The number of aromatic nitrogens is 2. The van der Waals surface area contributed by atoms with Crippen molar-refractivity contribution in [3.63, 3.8) is 0 Å². The number of phenols is 1. The Morgan fingerprint density at radius 3 is 2.48 bits per heavy atom. The highest BCUT2D eigenvalue weighted by Crippen LogP contribution is 2.28. The summed E-state index contributed by atoms with van der Waals surface area (Å²) in [4.78, 5) is 19.9. The number of H-pyrrole nitrogens is 1. The van der Waals surface area contributed by atoms with Crippen LogP contribution in [-0.4, -0.2) is 20.2 Å². The lowest BCUT2D eigenvalue weighted by atomic mass is 10.1. The summed E-state index contributed by atoms with van der Waals surface area (Å²) in [6.07, 6.45) is 0. The normalized spacial score (nSPS) is 11.1. The van der Waals surface area contributed by atoms with Crippen LogP contribution in [-0.2, 0) is 0 Å². The Hall–Kier alpha value is -2.79. The fourth-order valence-electron chi connectivity index (χ4n) is 2.51. The number of nitrogens with one attached hydrogen (secondary N) is 1. The van der Waals surface area contributed by atoms with E-state index in [1.807, 2.05) is 36.4 Å². The number of phenolic OH excluding ortho intramolecular Hbond substituents is 1. The van der Waals surface area contributed by atoms with Crippen LogP contribution in [0, 0.1) is 0 Å². The van der Waals surface area contributed by atoms with Crippen molar-refractivity contribution in [1.82, 2.24) is 9.97 Å². The number of imidazole rings is 1. The summed E-state index contributed by atoms with van der Waals surface area (Å²) in [5.74, 6) is -0.0214. The van der Waals surface area contributed by atoms with Gasteiger partial charge in [-0.15, -0.1) is 0 Å². The molecule has 0 spiro atoms. The van der Waals surface area contributed by atoms with Crippen LogP contribution in [0.15, 0.2) is 65.8 Å². The van der Waals surface area contributed by atoms with E-state index < -0.39 is 0 Å². The van der Waals surface area contributed by atoms with Crippen LogP contribution in [0.3, 0.4) is 0 Å². The number of hydrogen-bond acceptors (Lipinski definition) is 4. The average molecular weight is 320 g/mol. The third-order valence-electron chi connectivity index (χ3n) is 3.64. The highest BCUT2D eigenvalue weighted by Gasteiger charge is 2.15. The Labute approximate surface area is 136 Å². The Morgan fingerprint density at radius 1 is 1.00 bits per heavy atom. The quantitative estimate of drug-likeness (QED) is 0.539. The van der Waals surface area contributed by atoms with E-state index in [0.29, 0.717) is 5.16 Å². The van der Waals surface area contributed by atoms with Crippen molar-refractivity contribution in [2.24, 2.45) is 0 Å². The smallest absolute Gasteiger partial charge is 0.230 e. The molecule has 0 atom stereocenters. The Bertz CT molecular complexity index is 987. The van der Waals surface area contributed by atoms with Gasteiger partial charge in [0.2, 0.25) is 5.12 Å². The molecule has 2 N–H and O–H groups in total. The summed E-state index contributed by atoms with van der Waals surface area (Å²) in [7, 11) is 0. The lowest BCUT2D eigenvalue weighted by Gasteiger charge is -2.00. The maximum Gasteiger partial charge on any atom is 0.230 e. The van der Waals surface area contributed by atoms with E-state index in [4.69, 9.17) is 0 Å². The Balaban J connectivity index is 1.71. The van der Waals surface area contributed by atoms with Crippen LogP contribution in [0.1, 0.15) is 10.4 Å². The molecule has 0 unspecified atom stereocenters. The number of para-hydroxylation sites is 1. The minimum Gasteiger partial charge on any atom is -0.507 e. The molecule has 3 aromatic carbocycles. The maximum atomic E-state index is 12.3. The number of thioether (sulfide) groups is 1. The van der Waals surface area contributed by atoms with Crippen molar-refractivity contribution in [2.45, 2.75) is 5.16 Å². The summed E-state index contributed by atoms with van der Waals surface area (Å²) < 4.78 is 0. The summed E-state index contributed by atoms with van der Waals surface area (Å²) in [5.41, 5.74) is 1.98. The molecule has 4 nitrogen and oxygen atoms in total. The molecule has 0 bridgehead atoms. The second-order valence-electron chi connectivity index (χ2n) is 5.17. The third kappa shape index (κ3) is 2.55. The lowest BCUT2D eigenvalue weighted by Crippen LogP contribution is -1.94. The predicted molar refractivity (Wildman–Crippen MR) is 91.9 cm³/mol. The van der Waals surface area contributed by atoms with E-state index in [1.54, 1.807) is 18.2 Å². The van der Waals surface area contributed by atoms with Crippen LogP contribution in [0.25, 0.3) is 21.8 Å². The number of aromatic hydroxyl groups is 1. The zero-order valence-corrected chi connectivity index (χ0v) is 12.8. The number of fused-ring (bicyclic) bond motifs is 2. The number of rotatable bonds is 2. The molecule has 0 aliphatic carbocycles. The highest BCUT2D eigenvalue weighted by molar-refractivity contribution is 8.14. The van der Waals surface area contributed by atoms with Crippen molar-refractivity contribution in [2.75, 3.05) is 0 Å². The molecule has 0 radical (unpaired) electrons. The second kappa shape index (κ2) is 5.44. The number of carbonyl (C=O) groups is 1. The van der Waals surface area contributed by atoms with E-state index in [-0.39, 0.29) is 16.4 Å². The van der Waals surface area contributed by atoms with Crippen molar-refractivity contribution in [3.8, 4) is 5.75 Å². The average Bonchev–Trinajstić information content (AvgIpc) is 2.93. The maximum absolute atomic E-state index is 12.3. The molecule has 0 saturated heterocycles. The summed E-state index contributed by atoms with van der Waals surface area (Å²) in [6, 6.07) is 18.6. The van der Waals surface area contributed by atoms with Gasteiger partial charge in [-0.1, -0.05) is 36.4 Å². The monoisotopic (exact) mass is 320 g/mol. The van der Waals surface area contributed by atoms with E-state index >= 15 is 0 Å².